The van der Waals surface area contributed by atoms with Gasteiger partial charge in [0.15, 0.2) is 0 Å². The maximum atomic E-state index is 12.4. The van der Waals surface area contributed by atoms with E-state index in [1.165, 1.54) is 11.3 Å². The quantitative estimate of drug-likeness (QED) is 0.622. The molecule has 3 rings (SSSR count). The lowest BCUT2D eigenvalue weighted by molar-refractivity contribution is -0.115. The summed E-state index contributed by atoms with van der Waals surface area (Å²) in [5.74, 6) is -0.550. The third kappa shape index (κ3) is 3.75. The summed E-state index contributed by atoms with van der Waals surface area (Å²) in [6.07, 6.45) is 0.290. The van der Waals surface area contributed by atoms with Crippen LogP contribution in [0.1, 0.15) is 22.8 Å². The van der Waals surface area contributed by atoms with Crippen molar-refractivity contribution in [1.82, 2.24) is 0 Å². The Morgan fingerprint density at radius 2 is 2.04 bits per heavy atom. The monoisotopic (exact) mass is 377 g/mol. The van der Waals surface area contributed by atoms with Crippen molar-refractivity contribution in [2.75, 3.05) is 11.9 Å². The molecule has 3 aromatic rings. The Hall–Kier alpha value is -1.96. The summed E-state index contributed by atoms with van der Waals surface area (Å²) in [5.41, 5.74) is 2.20. The highest BCUT2D eigenvalue weighted by Gasteiger charge is 2.23. The molecule has 3 heterocycles. The fraction of sp³-hybridized carbons (Fsp3) is 0.176. The molecule has 0 fully saturated rings. The minimum absolute atomic E-state index is 0.140. The van der Waals surface area contributed by atoms with Gasteiger partial charge in [0.05, 0.1) is 13.0 Å². The number of amides is 1. The van der Waals surface area contributed by atoms with Crippen molar-refractivity contribution in [2.24, 2.45) is 0 Å². The van der Waals surface area contributed by atoms with Crippen molar-refractivity contribution in [2.45, 2.75) is 13.3 Å². The number of nitrogens with one attached hydrogen (secondary N) is 1. The number of hydrogen-bond donors (Lipinski definition) is 1. The number of carbonyl (C=O) groups excluding carboxylic acids is 2. The van der Waals surface area contributed by atoms with Crippen LogP contribution in [-0.4, -0.2) is 18.5 Å². The molecule has 0 aliphatic heterocycles. The minimum Gasteiger partial charge on any atom is -0.462 e. The molecule has 0 saturated carbocycles. The van der Waals surface area contributed by atoms with Crippen molar-refractivity contribution < 1.29 is 14.3 Å². The predicted molar refractivity (Wildman–Crippen MR) is 100 cm³/mol. The Labute approximate surface area is 151 Å². The van der Waals surface area contributed by atoms with Gasteiger partial charge in [0, 0.05) is 15.8 Å². The summed E-state index contributed by atoms with van der Waals surface area (Å²) in [6.45, 7) is 2.06. The van der Waals surface area contributed by atoms with Crippen LogP contribution in [0.2, 0.25) is 0 Å². The van der Waals surface area contributed by atoms with E-state index in [9.17, 15) is 9.59 Å². The molecule has 0 aliphatic carbocycles. The molecule has 0 atom stereocenters. The maximum absolute atomic E-state index is 12.4. The highest BCUT2D eigenvalue weighted by atomic mass is 32.1. The maximum Gasteiger partial charge on any atom is 0.341 e. The first kappa shape index (κ1) is 16.9. The number of carbonyl (C=O) groups is 2. The average molecular weight is 378 g/mol. The number of esters is 1. The van der Waals surface area contributed by atoms with E-state index in [0.717, 1.165) is 16.0 Å². The molecule has 0 aromatic carbocycles. The fourth-order valence-corrected chi connectivity index (χ4v) is 4.67. The molecule has 0 spiro atoms. The normalized spacial score (nSPS) is 10.5. The molecular formula is C17H15NO3S3. The number of ether oxygens (including phenoxy) is 1. The molecular weight excluding hydrogens is 362 g/mol. The Kier molecular flexibility index (Phi) is 5.44. The first-order valence-electron chi connectivity index (χ1n) is 7.32. The predicted octanol–water partition coefficient (Wildman–Crippen LogP) is 4.90. The zero-order chi connectivity index (χ0) is 16.9. The van der Waals surface area contributed by atoms with Gasteiger partial charge in [-0.1, -0.05) is 6.07 Å². The van der Waals surface area contributed by atoms with Crippen molar-refractivity contribution >= 4 is 50.9 Å². The SMILES string of the molecule is CCOC(=O)c1c(-c2cccs2)csc1NC(=O)Cc1ccsc1. The summed E-state index contributed by atoms with van der Waals surface area (Å²) in [4.78, 5) is 25.6. The molecule has 0 aliphatic rings. The van der Waals surface area contributed by atoms with E-state index >= 15 is 0 Å². The van der Waals surface area contributed by atoms with E-state index in [-0.39, 0.29) is 12.3 Å². The highest BCUT2D eigenvalue weighted by Crippen LogP contribution is 2.38. The molecule has 1 N–H and O–H groups in total. The van der Waals surface area contributed by atoms with Gasteiger partial charge in [-0.05, 0) is 40.8 Å². The Balaban J connectivity index is 1.87. The lowest BCUT2D eigenvalue weighted by Gasteiger charge is -2.07. The van der Waals surface area contributed by atoms with Crippen LogP contribution in [0.5, 0.6) is 0 Å². The van der Waals surface area contributed by atoms with E-state index in [1.807, 2.05) is 39.7 Å². The lowest BCUT2D eigenvalue weighted by atomic mass is 10.1. The van der Waals surface area contributed by atoms with Crippen LogP contribution in [0.3, 0.4) is 0 Å². The summed E-state index contributed by atoms with van der Waals surface area (Å²) in [5, 5.41) is 11.1. The molecule has 124 valence electrons. The zero-order valence-corrected chi connectivity index (χ0v) is 15.4. The molecule has 0 saturated heterocycles. The largest absolute Gasteiger partial charge is 0.462 e. The standard InChI is InChI=1S/C17H15NO3S3/c1-2-21-17(20)15-12(13-4-3-6-23-13)10-24-16(15)18-14(19)8-11-5-7-22-9-11/h3-7,9-10H,2,8H2,1H3,(H,18,19). The smallest absolute Gasteiger partial charge is 0.341 e. The van der Waals surface area contributed by atoms with E-state index < -0.39 is 5.97 Å². The number of anilines is 1. The highest BCUT2D eigenvalue weighted by molar-refractivity contribution is 7.17. The van der Waals surface area contributed by atoms with Crippen molar-refractivity contribution in [3.63, 3.8) is 0 Å². The lowest BCUT2D eigenvalue weighted by Crippen LogP contribution is -2.16. The number of hydrogen-bond acceptors (Lipinski definition) is 6. The van der Waals surface area contributed by atoms with Gasteiger partial charge in [0.1, 0.15) is 10.6 Å². The molecule has 3 aromatic heterocycles. The van der Waals surface area contributed by atoms with Crippen LogP contribution in [0.4, 0.5) is 5.00 Å². The summed E-state index contributed by atoms with van der Waals surface area (Å²) >= 11 is 4.45. The van der Waals surface area contributed by atoms with Gasteiger partial charge in [-0.3, -0.25) is 4.79 Å². The van der Waals surface area contributed by atoms with E-state index in [4.69, 9.17) is 4.74 Å². The van der Waals surface area contributed by atoms with Crippen LogP contribution in [-0.2, 0) is 16.0 Å². The van der Waals surface area contributed by atoms with E-state index in [1.54, 1.807) is 29.6 Å². The molecule has 24 heavy (non-hydrogen) atoms. The van der Waals surface area contributed by atoms with Crippen molar-refractivity contribution in [3.05, 3.63) is 50.8 Å². The molecule has 0 radical (unpaired) electrons. The summed E-state index contributed by atoms with van der Waals surface area (Å²) < 4.78 is 5.18. The second-order valence-corrected chi connectivity index (χ2v) is 7.52. The number of rotatable bonds is 6. The molecule has 7 heteroatoms. The summed E-state index contributed by atoms with van der Waals surface area (Å²) in [7, 11) is 0. The molecule has 1 amide bonds. The van der Waals surface area contributed by atoms with Crippen molar-refractivity contribution in [3.8, 4) is 10.4 Å². The van der Waals surface area contributed by atoms with Crippen LogP contribution < -0.4 is 5.32 Å². The van der Waals surface area contributed by atoms with Gasteiger partial charge < -0.3 is 10.1 Å². The van der Waals surface area contributed by atoms with Crippen molar-refractivity contribution in [1.29, 1.82) is 0 Å². The topological polar surface area (TPSA) is 55.4 Å². The number of thiophene rings is 3. The van der Waals surface area contributed by atoms with E-state index in [2.05, 4.69) is 5.32 Å². The first-order valence-corrected chi connectivity index (χ1v) is 10.0. The first-order chi connectivity index (χ1) is 11.7. The second kappa shape index (κ2) is 7.74. The van der Waals surface area contributed by atoms with Crippen LogP contribution in [0, 0.1) is 0 Å². The molecule has 0 unspecified atom stereocenters. The Morgan fingerprint density at radius 1 is 1.17 bits per heavy atom. The molecule has 4 nitrogen and oxygen atoms in total. The average Bonchev–Trinajstić information content (AvgIpc) is 3.28. The van der Waals surface area contributed by atoms with Gasteiger partial charge >= 0.3 is 5.97 Å². The van der Waals surface area contributed by atoms with Crippen LogP contribution in [0.25, 0.3) is 10.4 Å². The third-order valence-electron chi connectivity index (χ3n) is 3.25. The van der Waals surface area contributed by atoms with Gasteiger partial charge in [0.2, 0.25) is 5.91 Å². The van der Waals surface area contributed by atoms with Crippen LogP contribution >= 0.6 is 34.0 Å². The summed E-state index contributed by atoms with van der Waals surface area (Å²) in [6, 6.07) is 5.80. The van der Waals surface area contributed by atoms with Gasteiger partial charge in [-0.2, -0.15) is 11.3 Å². The van der Waals surface area contributed by atoms with E-state index in [0.29, 0.717) is 17.2 Å². The van der Waals surface area contributed by atoms with Crippen LogP contribution in [0.15, 0.2) is 39.7 Å². The zero-order valence-electron chi connectivity index (χ0n) is 12.9. The fourth-order valence-electron chi connectivity index (χ4n) is 2.22. The Bertz CT molecular complexity index is 820. The van der Waals surface area contributed by atoms with Gasteiger partial charge in [-0.15, -0.1) is 22.7 Å². The third-order valence-corrected chi connectivity index (χ3v) is 5.79. The van der Waals surface area contributed by atoms with Gasteiger partial charge in [0.25, 0.3) is 0 Å². The van der Waals surface area contributed by atoms with Gasteiger partial charge in [-0.25, -0.2) is 4.79 Å². The minimum atomic E-state index is -0.409. The molecule has 0 bridgehead atoms. The Morgan fingerprint density at radius 3 is 2.71 bits per heavy atom. The second-order valence-electron chi connectivity index (χ2n) is 4.91.